The van der Waals surface area contributed by atoms with Gasteiger partial charge in [-0.15, -0.1) is 0 Å². The predicted molar refractivity (Wildman–Crippen MR) is 124 cm³/mol. The third kappa shape index (κ3) is 4.58. The van der Waals surface area contributed by atoms with E-state index in [2.05, 4.69) is 21.6 Å². The van der Waals surface area contributed by atoms with Gasteiger partial charge in [0.2, 0.25) is 15.9 Å². The van der Waals surface area contributed by atoms with Crippen LogP contribution in [0.15, 0.2) is 33.7 Å². The monoisotopic (exact) mass is 471 g/mol. The molecular weight excluding hydrogens is 442 g/mol. The summed E-state index contributed by atoms with van der Waals surface area (Å²) >= 11 is 0. The lowest BCUT2D eigenvalue weighted by atomic mass is 9.99. The number of carbonyl (C=O) groups is 1. The summed E-state index contributed by atoms with van der Waals surface area (Å²) < 4.78 is 34.5. The first-order valence-corrected chi connectivity index (χ1v) is 12.4. The van der Waals surface area contributed by atoms with E-state index in [1.807, 2.05) is 39.0 Å². The highest BCUT2D eigenvalue weighted by Crippen LogP contribution is 2.28. The van der Waals surface area contributed by atoms with E-state index in [9.17, 15) is 13.2 Å². The second-order valence-electron chi connectivity index (χ2n) is 8.77. The van der Waals surface area contributed by atoms with Crippen molar-refractivity contribution in [2.75, 3.05) is 18.4 Å². The van der Waals surface area contributed by atoms with Gasteiger partial charge < -0.3 is 9.84 Å². The van der Waals surface area contributed by atoms with Gasteiger partial charge in [0, 0.05) is 19.2 Å². The summed E-state index contributed by atoms with van der Waals surface area (Å²) in [5, 5.41) is 11.3. The molecule has 3 aromatic rings. The van der Waals surface area contributed by atoms with Crippen LogP contribution < -0.4 is 5.32 Å². The molecule has 1 amide bonds. The third-order valence-corrected chi connectivity index (χ3v) is 7.96. The molecule has 0 radical (unpaired) electrons. The maximum atomic E-state index is 13.2. The molecule has 9 nitrogen and oxygen atoms in total. The van der Waals surface area contributed by atoms with Gasteiger partial charge in [-0.05, 0) is 70.7 Å². The number of aryl methyl sites for hydroxylation is 5. The van der Waals surface area contributed by atoms with Gasteiger partial charge in [-0.25, -0.2) is 13.1 Å². The highest BCUT2D eigenvalue weighted by Gasteiger charge is 2.36. The molecule has 1 atom stereocenters. The molecular formula is C23H29N5O4S. The fourth-order valence-electron chi connectivity index (χ4n) is 4.43. The number of hydrogen-bond acceptors (Lipinski definition) is 6. The Bertz CT molecular complexity index is 1270. The molecule has 0 spiro atoms. The van der Waals surface area contributed by atoms with Crippen molar-refractivity contribution >= 4 is 21.7 Å². The smallest absolute Gasteiger partial charge is 0.248 e. The van der Waals surface area contributed by atoms with Gasteiger partial charge in [0.05, 0.1) is 17.3 Å². The molecule has 0 saturated carbocycles. The fourth-order valence-corrected chi connectivity index (χ4v) is 6.25. The van der Waals surface area contributed by atoms with Gasteiger partial charge in [-0.2, -0.15) is 9.40 Å². The summed E-state index contributed by atoms with van der Waals surface area (Å²) in [5.41, 5.74) is 4.16. The maximum absolute atomic E-state index is 13.2. The summed E-state index contributed by atoms with van der Waals surface area (Å²) in [5.74, 6) is 0.121. The minimum absolute atomic E-state index is 0.0899. The van der Waals surface area contributed by atoms with Crippen LogP contribution in [-0.2, 0) is 14.8 Å². The van der Waals surface area contributed by atoms with Crippen molar-refractivity contribution in [2.24, 2.45) is 5.92 Å². The van der Waals surface area contributed by atoms with Crippen molar-refractivity contribution in [3.63, 3.8) is 0 Å². The van der Waals surface area contributed by atoms with Crippen molar-refractivity contribution < 1.29 is 17.7 Å². The van der Waals surface area contributed by atoms with Crippen LogP contribution >= 0.6 is 0 Å². The topological polar surface area (TPSA) is 110 Å². The molecule has 2 aromatic heterocycles. The molecule has 0 bridgehead atoms. The predicted octanol–water partition coefficient (Wildman–Crippen LogP) is 3.44. The summed E-state index contributed by atoms with van der Waals surface area (Å²) in [6.45, 7) is 9.55. The Kier molecular flexibility index (Phi) is 6.15. The normalized spacial score (nSPS) is 17.3. The van der Waals surface area contributed by atoms with E-state index in [0.717, 1.165) is 22.5 Å². The minimum Gasteiger partial charge on any atom is -0.360 e. The minimum atomic E-state index is -3.80. The average molecular weight is 472 g/mol. The van der Waals surface area contributed by atoms with Crippen LogP contribution in [0.3, 0.4) is 0 Å². The lowest BCUT2D eigenvalue weighted by Gasteiger charge is -2.31. The first kappa shape index (κ1) is 23.2. The van der Waals surface area contributed by atoms with Gasteiger partial charge in [0.25, 0.3) is 0 Å². The summed E-state index contributed by atoms with van der Waals surface area (Å²) in [6.07, 6.45) is 1.20. The Labute approximate surface area is 193 Å². The van der Waals surface area contributed by atoms with E-state index in [1.165, 1.54) is 4.31 Å². The maximum Gasteiger partial charge on any atom is 0.248 e. The molecule has 176 valence electrons. The Hall–Kier alpha value is -2.98. The molecule has 1 aliphatic rings. The highest BCUT2D eigenvalue weighted by molar-refractivity contribution is 7.89. The molecule has 1 N–H and O–H groups in total. The van der Waals surface area contributed by atoms with Crippen LogP contribution in [-0.4, -0.2) is 46.7 Å². The third-order valence-electron chi connectivity index (χ3n) is 5.85. The van der Waals surface area contributed by atoms with E-state index in [0.29, 0.717) is 30.9 Å². The molecule has 1 saturated heterocycles. The zero-order valence-electron chi connectivity index (χ0n) is 19.5. The fraction of sp³-hybridized carbons (Fsp3) is 0.435. The van der Waals surface area contributed by atoms with Crippen molar-refractivity contribution in [2.45, 2.75) is 52.4 Å². The molecule has 0 aliphatic carbocycles. The SMILES string of the molecule is Cc1cc(C)cc(-n2nc(C)cc2NC(=O)C2CCCN(S(=O)(=O)c3c(C)noc3C)C2)c1. The quantitative estimate of drug-likeness (QED) is 0.610. The first-order valence-electron chi connectivity index (χ1n) is 11.0. The standard InChI is InChI=1S/C23H29N5O4S/c1-14-9-15(2)11-20(10-14)28-21(12-16(3)25-28)24-23(29)19-7-6-8-27(13-19)33(30,31)22-17(4)26-32-18(22)5/h9-12,19H,6-8,13H2,1-5H3,(H,24,29). The Morgan fingerprint density at radius 2 is 1.79 bits per heavy atom. The second kappa shape index (κ2) is 8.75. The molecule has 10 heteroatoms. The summed E-state index contributed by atoms with van der Waals surface area (Å²) in [7, 11) is -3.80. The highest BCUT2D eigenvalue weighted by atomic mass is 32.2. The largest absolute Gasteiger partial charge is 0.360 e. The van der Waals surface area contributed by atoms with Crippen LogP contribution in [0.2, 0.25) is 0 Å². The van der Waals surface area contributed by atoms with Gasteiger partial charge in [-0.1, -0.05) is 11.2 Å². The van der Waals surface area contributed by atoms with Crippen molar-refractivity contribution in [3.05, 3.63) is 52.5 Å². The Morgan fingerprint density at radius 3 is 2.42 bits per heavy atom. The zero-order valence-corrected chi connectivity index (χ0v) is 20.4. The van der Waals surface area contributed by atoms with Crippen molar-refractivity contribution in [1.82, 2.24) is 19.2 Å². The molecule has 1 aliphatic heterocycles. The number of carbonyl (C=O) groups excluding carboxylic acids is 1. The number of aromatic nitrogens is 3. The Morgan fingerprint density at radius 1 is 1.09 bits per heavy atom. The Balaban J connectivity index is 1.55. The van der Waals surface area contributed by atoms with E-state index in [4.69, 9.17) is 4.52 Å². The number of anilines is 1. The number of nitrogens with one attached hydrogen (secondary N) is 1. The van der Waals surface area contributed by atoms with Gasteiger partial charge in [0.15, 0.2) is 5.76 Å². The van der Waals surface area contributed by atoms with E-state index in [-0.39, 0.29) is 23.1 Å². The summed E-state index contributed by atoms with van der Waals surface area (Å²) in [6, 6.07) is 7.91. The van der Waals surface area contributed by atoms with Gasteiger partial charge >= 0.3 is 0 Å². The van der Waals surface area contributed by atoms with Crippen LogP contribution in [0.25, 0.3) is 5.69 Å². The molecule has 33 heavy (non-hydrogen) atoms. The van der Waals surface area contributed by atoms with Gasteiger partial charge in [-0.3, -0.25) is 4.79 Å². The van der Waals surface area contributed by atoms with E-state index in [1.54, 1.807) is 18.5 Å². The number of rotatable bonds is 5. The molecule has 1 fully saturated rings. The van der Waals surface area contributed by atoms with E-state index < -0.39 is 15.9 Å². The van der Waals surface area contributed by atoms with Crippen LogP contribution in [0.5, 0.6) is 0 Å². The van der Waals surface area contributed by atoms with Gasteiger partial charge in [0.1, 0.15) is 16.4 Å². The lowest BCUT2D eigenvalue weighted by molar-refractivity contribution is -0.120. The molecule has 1 aromatic carbocycles. The molecule has 1 unspecified atom stereocenters. The number of benzene rings is 1. The summed E-state index contributed by atoms with van der Waals surface area (Å²) in [4.78, 5) is 13.3. The number of piperidine rings is 1. The number of amides is 1. The van der Waals surface area contributed by atoms with Crippen molar-refractivity contribution in [1.29, 1.82) is 0 Å². The second-order valence-corrected chi connectivity index (χ2v) is 10.6. The first-order chi connectivity index (χ1) is 15.6. The number of sulfonamides is 1. The molecule has 4 rings (SSSR count). The van der Waals surface area contributed by atoms with Crippen LogP contribution in [0.1, 0.15) is 41.1 Å². The average Bonchev–Trinajstić information content (AvgIpc) is 3.28. The van der Waals surface area contributed by atoms with E-state index >= 15 is 0 Å². The van der Waals surface area contributed by atoms with Crippen molar-refractivity contribution in [3.8, 4) is 5.69 Å². The van der Waals surface area contributed by atoms with Crippen LogP contribution in [0, 0.1) is 40.5 Å². The molecule has 3 heterocycles. The zero-order chi connectivity index (χ0) is 23.9. The lowest BCUT2D eigenvalue weighted by Crippen LogP contribution is -2.44. The number of hydrogen-bond donors (Lipinski definition) is 1. The van der Waals surface area contributed by atoms with Crippen LogP contribution in [0.4, 0.5) is 5.82 Å². The number of nitrogens with zero attached hydrogens (tertiary/aromatic N) is 4.